The van der Waals surface area contributed by atoms with Crippen LogP contribution in [0.2, 0.25) is 0 Å². The van der Waals surface area contributed by atoms with Crippen molar-refractivity contribution in [2.45, 2.75) is 0 Å². The number of rotatable bonds is 7. The van der Waals surface area contributed by atoms with E-state index in [1.165, 1.54) is 42.2 Å². The summed E-state index contributed by atoms with van der Waals surface area (Å²) in [5, 5.41) is 13.8. The van der Waals surface area contributed by atoms with Crippen LogP contribution in [0.1, 0.15) is 5.56 Å². The summed E-state index contributed by atoms with van der Waals surface area (Å²) in [5.41, 5.74) is 1.38. The summed E-state index contributed by atoms with van der Waals surface area (Å²) in [5.74, 6) is -0.616. The Hall–Kier alpha value is -4.52. The van der Waals surface area contributed by atoms with Gasteiger partial charge < -0.3 is 32.1 Å². The van der Waals surface area contributed by atoms with Gasteiger partial charge in [-0.1, -0.05) is 24.3 Å². The molecule has 0 aromatic heterocycles. The van der Waals surface area contributed by atoms with E-state index in [4.69, 9.17) is 21.7 Å². The number of carbonyl (C=O) groups excluding carboxylic acids is 2. The van der Waals surface area contributed by atoms with Gasteiger partial charge in [0.15, 0.2) is 5.11 Å². The first kappa shape index (κ1) is 30.4. The van der Waals surface area contributed by atoms with Gasteiger partial charge in [0.25, 0.3) is 17.5 Å². The van der Waals surface area contributed by atoms with Crippen LogP contribution in [0.3, 0.4) is 0 Å². The molecule has 0 radical (unpaired) electrons. The maximum atomic E-state index is 14.1. The van der Waals surface area contributed by atoms with Crippen LogP contribution in [0.5, 0.6) is 11.5 Å². The van der Waals surface area contributed by atoms with Crippen LogP contribution in [0.25, 0.3) is 6.08 Å². The first-order valence-electron chi connectivity index (χ1n) is 12.9. The molecular formula is C29H28ClN5O6S. The average Bonchev–Trinajstić information content (AvgIpc) is 3.00. The first-order valence-corrected chi connectivity index (χ1v) is 13.3. The molecule has 42 heavy (non-hydrogen) atoms. The van der Waals surface area contributed by atoms with E-state index >= 15 is 0 Å². The second-order valence-electron chi connectivity index (χ2n) is 9.32. The number of ether oxygens (including phenoxy) is 2. The average molecular weight is 610 g/mol. The highest BCUT2D eigenvalue weighted by Gasteiger charge is 2.43. The molecular weight excluding hydrogens is 582 g/mol. The fourth-order valence-corrected chi connectivity index (χ4v) is 5.35. The lowest BCUT2D eigenvalue weighted by Crippen LogP contribution is -3.00. The van der Waals surface area contributed by atoms with Crippen LogP contribution in [0, 0.1) is 10.1 Å². The molecule has 3 aromatic carbocycles. The Kier molecular flexibility index (Phi) is 9.41. The summed E-state index contributed by atoms with van der Waals surface area (Å²) in [7, 11) is 2.95. The predicted octanol–water partition coefficient (Wildman–Crippen LogP) is -0.252. The molecule has 2 amide bonds. The molecule has 2 saturated heterocycles. The number of anilines is 3. The zero-order valence-corrected chi connectivity index (χ0v) is 24.4. The van der Waals surface area contributed by atoms with E-state index in [1.807, 2.05) is 0 Å². The minimum absolute atomic E-state index is 0. The van der Waals surface area contributed by atoms with E-state index < -0.39 is 16.7 Å². The number of halogens is 1. The van der Waals surface area contributed by atoms with Crippen LogP contribution in [-0.2, 0) is 9.59 Å². The number of para-hydroxylation sites is 4. The molecule has 2 heterocycles. The lowest BCUT2D eigenvalue weighted by molar-refractivity contribution is -0.655. The number of quaternary nitrogens is 1. The van der Waals surface area contributed by atoms with Crippen molar-refractivity contribution in [3.8, 4) is 11.5 Å². The molecule has 5 rings (SSSR count). The summed E-state index contributed by atoms with van der Waals surface area (Å²) < 4.78 is 11.0. The van der Waals surface area contributed by atoms with Gasteiger partial charge in [0.2, 0.25) is 0 Å². The fourth-order valence-electron chi connectivity index (χ4n) is 4.99. The van der Waals surface area contributed by atoms with Gasteiger partial charge in [-0.15, -0.1) is 0 Å². The number of nitrogens with zero attached hydrogens (tertiary/aromatic N) is 4. The van der Waals surface area contributed by atoms with Crippen LogP contribution in [-0.4, -0.2) is 62.2 Å². The standard InChI is InChI=1S/C29H27N5O6S.ClH/c1-39-25-9-5-3-7-23(25)32-27(35)21(28(36)33(29(32)41)24-8-4-6-10-26(24)40-2)18-19-17-20(34(37)38)11-12-22(19)31-15-13-30-14-16-31;/h3-12,17-18,30H,13-16H2,1-2H3;1H. The maximum absolute atomic E-state index is 14.1. The molecule has 2 aliphatic heterocycles. The molecule has 2 aliphatic rings. The lowest BCUT2D eigenvalue weighted by Gasteiger charge is -2.37. The monoisotopic (exact) mass is 609 g/mol. The Balaban J connectivity index is 0.00000405. The van der Waals surface area contributed by atoms with Gasteiger partial charge >= 0.3 is 0 Å². The van der Waals surface area contributed by atoms with Crippen molar-refractivity contribution in [1.82, 2.24) is 0 Å². The fraction of sp³-hybridized carbons (Fsp3) is 0.207. The molecule has 2 N–H and O–H groups in total. The van der Waals surface area contributed by atoms with Gasteiger partial charge in [-0.3, -0.25) is 19.7 Å². The number of piperazine rings is 1. The smallest absolute Gasteiger partial charge is 0.270 e. The lowest BCUT2D eigenvalue weighted by atomic mass is 10.0. The number of non-ortho nitro benzene ring substituents is 1. The molecule has 11 nitrogen and oxygen atoms in total. The van der Waals surface area contributed by atoms with E-state index in [9.17, 15) is 19.7 Å². The van der Waals surface area contributed by atoms with Gasteiger partial charge in [0.05, 0.1) is 56.7 Å². The second kappa shape index (κ2) is 13.0. The van der Waals surface area contributed by atoms with E-state index in [1.54, 1.807) is 54.6 Å². The summed E-state index contributed by atoms with van der Waals surface area (Å²) in [6, 6.07) is 18.1. The van der Waals surface area contributed by atoms with Crippen LogP contribution in [0.4, 0.5) is 22.7 Å². The number of thiocarbonyl (C=S) groups is 1. The first-order chi connectivity index (χ1) is 19.8. The summed E-state index contributed by atoms with van der Waals surface area (Å²) >= 11 is 5.75. The van der Waals surface area contributed by atoms with E-state index in [0.29, 0.717) is 47.2 Å². The van der Waals surface area contributed by atoms with Gasteiger partial charge in [0, 0.05) is 23.4 Å². The third-order valence-electron chi connectivity index (χ3n) is 6.97. The van der Waals surface area contributed by atoms with Crippen LogP contribution >= 0.6 is 12.2 Å². The SMILES string of the molecule is COc1ccccc1N1C(=O)C(=Cc2cc([N+](=O)[O-])ccc2N2CC[NH2+]CC2)C(=O)N(c2ccccc2OC)C1=S.[Cl-]. The van der Waals surface area contributed by atoms with Crippen LogP contribution in [0.15, 0.2) is 72.3 Å². The number of nitro benzene ring substituents is 1. The minimum Gasteiger partial charge on any atom is -1.00 e. The third-order valence-corrected chi connectivity index (χ3v) is 7.34. The number of methoxy groups -OCH3 is 2. The molecule has 0 spiro atoms. The van der Waals surface area contributed by atoms with Crippen molar-refractivity contribution < 1.29 is 41.7 Å². The van der Waals surface area contributed by atoms with E-state index in [2.05, 4.69) is 10.2 Å². The number of hydrogen-bond acceptors (Lipinski definition) is 8. The Morgan fingerprint density at radius 2 is 1.38 bits per heavy atom. The summed E-state index contributed by atoms with van der Waals surface area (Å²) in [6.45, 7) is 3.12. The molecule has 0 saturated carbocycles. The Morgan fingerprint density at radius 1 is 0.857 bits per heavy atom. The van der Waals surface area contributed by atoms with Gasteiger partial charge in [-0.05, 0) is 48.6 Å². The van der Waals surface area contributed by atoms with Gasteiger partial charge in [-0.25, -0.2) is 9.80 Å². The molecule has 0 bridgehead atoms. The van der Waals surface area contributed by atoms with Crippen molar-refractivity contribution >= 4 is 58.0 Å². The molecule has 3 aromatic rings. The van der Waals surface area contributed by atoms with Crippen molar-refractivity contribution in [1.29, 1.82) is 0 Å². The maximum Gasteiger partial charge on any atom is 0.270 e. The number of amides is 2. The summed E-state index contributed by atoms with van der Waals surface area (Å²) in [6.07, 6.45) is 1.41. The normalized spacial score (nSPS) is 15.3. The van der Waals surface area contributed by atoms with Crippen molar-refractivity contribution in [2.75, 3.05) is 55.1 Å². The van der Waals surface area contributed by atoms with Gasteiger partial charge in [0.1, 0.15) is 17.1 Å². The second-order valence-corrected chi connectivity index (χ2v) is 9.68. The predicted molar refractivity (Wildman–Crippen MR) is 159 cm³/mol. The minimum atomic E-state index is -0.680. The molecule has 2 fully saturated rings. The number of nitrogens with two attached hydrogens (primary N) is 1. The Bertz CT molecular complexity index is 1500. The molecule has 0 unspecified atom stereocenters. The van der Waals surface area contributed by atoms with Gasteiger partial charge in [-0.2, -0.15) is 0 Å². The number of benzene rings is 3. The quantitative estimate of drug-likeness (QED) is 0.128. The van der Waals surface area contributed by atoms with Crippen LogP contribution < -0.4 is 41.9 Å². The van der Waals surface area contributed by atoms with E-state index in [-0.39, 0.29) is 28.8 Å². The van der Waals surface area contributed by atoms with Crippen molar-refractivity contribution in [3.05, 3.63) is 88.0 Å². The van der Waals surface area contributed by atoms with E-state index in [0.717, 1.165) is 13.1 Å². The Labute approximate surface area is 253 Å². The Morgan fingerprint density at radius 3 is 1.88 bits per heavy atom. The molecule has 218 valence electrons. The zero-order chi connectivity index (χ0) is 29.1. The van der Waals surface area contributed by atoms with Crippen molar-refractivity contribution in [3.63, 3.8) is 0 Å². The topological polar surface area (TPSA) is 122 Å². The molecule has 0 aliphatic carbocycles. The largest absolute Gasteiger partial charge is 1.00 e. The summed E-state index contributed by atoms with van der Waals surface area (Å²) in [4.78, 5) is 44.0. The number of hydrogen-bond donors (Lipinski definition) is 1. The number of carbonyl (C=O) groups is 2. The molecule has 0 atom stereocenters. The number of nitro groups is 1. The van der Waals surface area contributed by atoms with Crippen molar-refractivity contribution in [2.24, 2.45) is 0 Å². The third kappa shape index (κ3) is 5.64. The highest BCUT2D eigenvalue weighted by atomic mass is 35.5. The highest BCUT2D eigenvalue weighted by Crippen LogP contribution is 2.38. The highest BCUT2D eigenvalue weighted by molar-refractivity contribution is 7.81. The molecule has 13 heteroatoms. The zero-order valence-electron chi connectivity index (χ0n) is 22.9.